The summed E-state index contributed by atoms with van der Waals surface area (Å²) in [7, 11) is 2.20. The van der Waals surface area contributed by atoms with Crippen LogP contribution in [0.4, 0.5) is 0 Å². The van der Waals surface area contributed by atoms with Crippen LogP contribution in [0.3, 0.4) is 0 Å². The van der Waals surface area contributed by atoms with E-state index in [1.54, 1.807) is 0 Å². The summed E-state index contributed by atoms with van der Waals surface area (Å²) >= 11 is 0. The maximum absolute atomic E-state index is 3.67. The molecule has 0 aliphatic rings. The van der Waals surface area contributed by atoms with Crippen molar-refractivity contribution in [1.82, 2.24) is 10.2 Å². The Kier molecular flexibility index (Phi) is 6.70. The molecule has 0 aliphatic heterocycles. The third kappa shape index (κ3) is 4.92. The van der Waals surface area contributed by atoms with Gasteiger partial charge in [-0.2, -0.15) is 0 Å². The molecule has 1 aromatic carbocycles. The molecule has 0 bridgehead atoms. The minimum atomic E-state index is 0.431. The van der Waals surface area contributed by atoms with Crippen LogP contribution in [0.2, 0.25) is 0 Å². The highest BCUT2D eigenvalue weighted by Gasteiger charge is 2.11. The Hall–Kier alpha value is -0.860. The highest BCUT2D eigenvalue weighted by molar-refractivity contribution is 5.39. The van der Waals surface area contributed by atoms with Crippen LogP contribution in [0.5, 0.6) is 0 Å². The third-order valence-electron chi connectivity index (χ3n) is 4.19. The maximum atomic E-state index is 3.67. The average molecular weight is 276 g/mol. The highest BCUT2D eigenvalue weighted by atomic mass is 15.1. The first-order valence-corrected chi connectivity index (χ1v) is 7.84. The standard InChI is InChI=1S/C18H32N2/c1-13(2)20(7)10-8-9-19-17(6)18-15(4)11-14(3)12-16(18)5/h11-13,17,19H,8-10H2,1-7H3. The molecule has 0 fully saturated rings. The second-order valence-electron chi connectivity index (χ2n) is 6.42. The molecular weight excluding hydrogens is 244 g/mol. The van der Waals surface area contributed by atoms with Crippen molar-refractivity contribution in [3.63, 3.8) is 0 Å². The molecule has 1 rings (SSSR count). The first kappa shape index (κ1) is 17.2. The number of hydrogen-bond acceptors (Lipinski definition) is 2. The molecule has 0 heterocycles. The molecular formula is C18H32N2. The molecule has 1 unspecified atom stereocenters. The van der Waals surface area contributed by atoms with E-state index in [0.29, 0.717) is 12.1 Å². The van der Waals surface area contributed by atoms with Crippen molar-refractivity contribution in [2.24, 2.45) is 0 Å². The lowest BCUT2D eigenvalue weighted by atomic mass is 9.95. The van der Waals surface area contributed by atoms with Gasteiger partial charge in [-0.25, -0.2) is 0 Å². The van der Waals surface area contributed by atoms with E-state index < -0.39 is 0 Å². The van der Waals surface area contributed by atoms with Crippen molar-refractivity contribution in [1.29, 1.82) is 0 Å². The van der Waals surface area contributed by atoms with Gasteiger partial charge in [-0.15, -0.1) is 0 Å². The lowest BCUT2D eigenvalue weighted by Gasteiger charge is -2.23. The summed E-state index contributed by atoms with van der Waals surface area (Å²) in [5.41, 5.74) is 5.63. The molecule has 0 aliphatic carbocycles. The number of aryl methyl sites for hydroxylation is 3. The summed E-state index contributed by atoms with van der Waals surface area (Å²) in [6.07, 6.45) is 1.20. The van der Waals surface area contributed by atoms with Gasteiger partial charge in [-0.1, -0.05) is 17.7 Å². The van der Waals surface area contributed by atoms with Gasteiger partial charge in [0.05, 0.1) is 0 Å². The second kappa shape index (κ2) is 7.80. The fraction of sp³-hybridized carbons (Fsp3) is 0.667. The van der Waals surface area contributed by atoms with Gasteiger partial charge in [0.25, 0.3) is 0 Å². The summed E-state index contributed by atoms with van der Waals surface area (Å²) in [4.78, 5) is 2.40. The van der Waals surface area contributed by atoms with Gasteiger partial charge in [-0.05, 0) is 84.8 Å². The van der Waals surface area contributed by atoms with E-state index in [2.05, 4.69) is 70.9 Å². The summed E-state index contributed by atoms with van der Waals surface area (Å²) in [5, 5.41) is 3.67. The van der Waals surface area contributed by atoms with Gasteiger partial charge in [0.2, 0.25) is 0 Å². The number of nitrogens with zero attached hydrogens (tertiary/aromatic N) is 1. The molecule has 2 heteroatoms. The summed E-state index contributed by atoms with van der Waals surface area (Å²) in [5.74, 6) is 0. The molecule has 2 nitrogen and oxygen atoms in total. The van der Waals surface area contributed by atoms with Crippen molar-refractivity contribution in [2.75, 3.05) is 20.1 Å². The zero-order valence-corrected chi connectivity index (χ0v) is 14.4. The fourth-order valence-electron chi connectivity index (χ4n) is 2.88. The summed E-state index contributed by atoms with van der Waals surface area (Å²) < 4.78 is 0. The van der Waals surface area contributed by atoms with E-state index in [1.165, 1.54) is 28.7 Å². The quantitative estimate of drug-likeness (QED) is 0.757. The monoisotopic (exact) mass is 276 g/mol. The van der Waals surface area contributed by atoms with Crippen LogP contribution in [0.15, 0.2) is 12.1 Å². The summed E-state index contributed by atoms with van der Waals surface area (Å²) in [6, 6.07) is 5.63. The van der Waals surface area contributed by atoms with Crippen LogP contribution < -0.4 is 5.32 Å². The molecule has 0 spiro atoms. The van der Waals surface area contributed by atoms with E-state index in [4.69, 9.17) is 0 Å². The largest absolute Gasteiger partial charge is 0.310 e. The minimum absolute atomic E-state index is 0.431. The molecule has 1 aromatic rings. The Labute approximate surface area is 125 Å². The van der Waals surface area contributed by atoms with Crippen molar-refractivity contribution in [3.05, 3.63) is 34.4 Å². The SMILES string of the molecule is Cc1cc(C)c(C(C)NCCCN(C)C(C)C)c(C)c1. The average Bonchev–Trinajstić information content (AvgIpc) is 2.32. The normalized spacial score (nSPS) is 13.2. The van der Waals surface area contributed by atoms with E-state index in [1.807, 2.05) is 0 Å². The number of benzene rings is 1. The van der Waals surface area contributed by atoms with Crippen LogP contribution in [0, 0.1) is 20.8 Å². The first-order chi connectivity index (χ1) is 9.32. The van der Waals surface area contributed by atoms with Gasteiger partial charge in [0.1, 0.15) is 0 Å². The second-order valence-corrected chi connectivity index (χ2v) is 6.42. The van der Waals surface area contributed by atoms with Crippen molar-refractivity contribution < 1.29 is 0 Å². The maximum Gasteiger partial charge on any atom is 0.0297 e. The summed E-state index contributed by atoms with van der Waals surface area (Å²) in [6.45, 7) is 15.6. The Morgan fingerprint density at radius 2 is 1.60 bits per heavy atom. The molecule has 1 atom stereocenters. The lowest BCUT2D eigenvalue weighted by molar-refractivity contribution is 0.268. The molecule has 20 heavy (non-hydrogen) atoms. The molecule has 0 radical (unpaired) electrons. The zero-order valence-electron chi connectivity index (χ0n) is 14.4. The lowest BCUT2D eigenvalue weighted by Crippen LogP contribution is -2.30. The predicted molar refractivity (Wildman–Crippen MR) is 89.5 cm³/mol. The van der Waals surface area contributed by atoms with Gasteiger partial charge in [-0.3, -0.25) is 0 Å². The smallest absolute Gasteiger partial charge is 0.0297 e. The molecule has 0 saturated carbocycles. The first-order valence-electron chi connectivity index (χ1n) is 7.84. The fourth-order valence-corrected chi connectivity index (χ4v) is 2.88. The zero-order chi connectivity index (χ0) is 15.3. The van der Waals surface area contributed by atoms with Gasteiger partial charge >= 0.3 is 0 Å². The van der Waals surface area contributed by atoms with E-state index in [0.717, 1.165) is 13.1 Å². The molecule has 0 amide bonds. The van der Waals surface area contributed by atoms with Crippen LogP contribution >= 0.6 is 0 Å². The molecule has 1 N–H and O–H groups in total. The number of rotatable bonds is 7. The molecule has 0 saturated heterocycles. The van der Waals surface area contributed by atoms with Gasteiger partial charge in [0, 0.05) is 12.1 Å². The number of hydrogen-bond donors (Lipinski definition) is 1. The van der Waals surface area contributed by atoms with E-state index >= 15 is 0 Å². The van der Waals surface area contributed by atoms with Crippen LogP contribution in [0.25, 0.3) is 0 Å². The van der Waals surface area contributed by atoms with Crippen molar-refractivity contribution in [2.45, 2.75) is 60.0 Å². The molecule has 0 aromatic heterocycles. The minimum Gasteiger partial charge on any atom is -0.310 e. The Bertz CT molecular complexity index is 400. The van der Waals surface area contributed by atoms with Crippen LogP contribution in [0.1, 0.15) is 55.5 Å². The van der Waals surface area contributed by atoms with Gasteiger partial charge in [0.15, 0.2) is 0 Å². The Morgan fingerprint density at radius 3 is 2.10 bits per heavy atom. The van der Waals surface area contributed by atoms with Crippen molar-refractivity contribution in [3.8, 4) is 0 Å². The Morgan fingerprint density at radius 1 is 1.05 bits per heavy atom. The predicted octanol–water partition coefficient (Wildman–Crippen LogP) is 3.99. The van der Waals surface area contributed by atoms with Gasteiger partial charge < -0.3 is 10.2 Å². The highest BCUT2D eigenvalue weighted by Crippen LogP contribution is 2.23. The number of nitrogens with one attached hydrogen (secondary N) is 1. The van der Waals surface area contributed by atoms with Crippen LogP contribution in [-0.4, -0.2) is 31.1 Å². The molecule has 114 valence electrons. The Balaban J connectivity index is 2.50. The van der Waals surface area contributed by atoms with Crippen molar-refractivity contribution >= 4 is 0 Å². The van der Waals surface area contributed by atoms with Crippen LogP contribution in [-0.2, 0) is 0 Å². The van der Waals surface area contributed by atoms with E-state index in [-0.39, 0.29) is 0 Å². The third-order valence-corrected chi connectivity index (χ3v) is 4.19. The van der Waals surface area contributed by atoms with E-state index in [9.17, 15) is 0 Å². The topological polar surface area (TPSA) is 15.3 Å².